The zero-order chi connectivity index (χ0) is 20.7. The maximum atomic E-state index is 12.3. The average molecular weight is 482 g/mol. The minimum atomic E-state index is -0.173. The summed E-state index contributed by atoms with van der Waals surface area (Å²) in [5.74, 6) is 1.08. The molecule has 31 heavy (non-hydrogen) atoms. The van der Waals surface area contributed by atoms with Crippen molar-refractivity contribution < 1.29 is 4.52 Å². The van der Waals surface area contributed by atoms with Crippen molar-refractivity contribution in [1.82, 2.24) is 30.1 Å². The third-order valence-corrected chi connectivity index (χ3v) is 6.08. The van der Waals surface area contributed by atoms with E-state index in [2.05, 4.69) is 25.5 Å². The molecule has 0 atom stereocenters. The first-order valence-corrected chi connectivity index (χ1v) is 10.4. The van der Waals surface area contributed by atoms with E-state index in [1.165, 1.54) is 0 Å². The van der Waals surface area contributed by atoms with E-state index in [1.54, 1.807) is 28.9 Å². The van der Waals surface area contributed by atoms with E-state index in [-0.39, 0.29) is 23.9 Å². The molecule has 3 aromatic heterocycles. The molecule has 0 spiro atoms. The van der Waals surface area contributed by atoms with Crippen LogP contribution in [0.2, 0.25) is 10.0 Å². The molecule has 4 heterocycles. The van der Waals surface area contributed by atoms with Crippen molar-refractivity contribution in [3.63, 3.8) is 0 Å². The monoisotopic (exact) mass is 480 g/mol. The highest BCUT2D eigenvalue weighted by atomic mass is 35.5. The fourth-order valence-corrected chi connectivity index (χ4v) is 4.17. The number of hydrogen-bond acceptors (Lipinski definition) is 6. The van der Waals surface area contributed by atoms with Crippen LogP contribution in [0.15, 0.2) is 39.8 Å². The average Bonchev–Trinajstić information content (AvgIpc) is 3.37. The number of aromatic amines is 1. The number of halogens is 3. The molecule has 1 fully saturated rings. The first-order chi connectivity index (χ1) is 14.6. The first kappa shape index (κ1) is 21.8. The van der Waals surface area contributed by atoms with Gasteiger partial charge < -0.3 is 14.8 Å². The van der Waals surface area contributed by atoms with E-state index in [0.29, 0.717) is 39.4 Å². The SMILES string of the molecule is Cl.O=c1cc(C2CCNCC2)n2ncc(-c3nc(Cc4ccc(Cl)c(Cl)c4)no3)c2[nH]1. The van der Waals surface area contributed by atoms with Gasteiger partial charge >= 0.3 is 0 Å². The van der Waals surface area contributed by atoms with Gasteiger partial charge in [0.2, 0.25) is 0 Å². The molecule has 1 aromatic carbocycles. The number of benzene rings is 1. The molecule has 5 rings (SSSR count). The van der Waals surface area contributed by atoms with Crippen LogP contribution in [0.3, 0.4) is 0 Å². The van der Waals surface area contributed by atoms with Crippen LogP contribution in [0.1, 0.15) is 35.8 Å². The number of nitrogens with zero attached hydrogens (tertiary/aromatic N) is 4. The predicted molar refractivity (Wildman–Crippen MR) is 120 cm³/mol. The summed E-state index contributed by atoms with van der Waals surface area (Å²) in [4.78, 5) is 19.7. The second kappa shape index (κ2) is 9.00. The van der Waals surface area contributed by atoms with Gasteiger partial charge in [0.25, 0.3) is 11.4 Å². The molecule has 4 aromatic rings. The third-order valence-electron chi connectivity index (χ3n) is 5.34. The fourth-order valence-electron chi connectivity index (χ4n) is 3.85. The van der Waals surface area contributed by atoms with Crippen molar-refractivity contribution in [2.45, 2.75) is 25.2 Å². The zero-order valence-corrected chi connectivity index (χ0v) is 18.6. The van der Waals surface area contributed by atoms with Crippen molar-refractivity contribution in [3.05, 3.63) is 67.9 Å². The van der Waals surface area contributed by atoms with Gasteiger partial charge in [0.15, 0.2) is 5.82 Å². The van der Waals surface area contributed by atoms with Crippen LogP contribution in [0.25, 0.3) is 17.1 Å². The Balaban J connectivity index is 0.00000231. The molecule has 0 aliphatic carbocycles. The zero-order valence-electron chi connectivity index (χ0n) is 16.3. The molecule has 2 N–H and O–H groups in total. The Morgan fingerprint density at radius 2 is 1.97 bits per heavy atom. The van der Waals surface area contributed by atoms with Crippen LogP contribution in [0, 0.1) is 0 Å². The van der Waals surface area contributed by atoms with Gasteiger partial charge in [-0.2, -0.15) is 10.1 Å². The predicted octanol–water partition coefficient (Wildman–Crippen LogP) is 3.86. The Bertz CT molecular complexity index is 1280. The van der Waals surface area contributed by atoms with Gasteiger partial charge in [0, 0.05) is 18.4 Å². The van der Waals surface area contributed by atoms with Crippen LogP contribution < -0.4 is 10.9 Å². The number of H-pyrrole nitrogens is 1. The largest absolute Gasteiger partial charge is 0.334 e. The molecular formula is C20H19Cl3N6O2. The highest BCUT2D eigenvalue weighted by Gasteiger charge is 2.22. The topological polar surface area (TPSA) is 101 Å². The molecule has 162 valence electrons. The smallest absolute Gasteiger partial charge is 0.263 e. The molecule has 0 amide bonds. The van der Waals surface area contributed by atoms with Crippen molar-refractivity contribution in [2.24, 2.45) is 0 Å². The van der Waals surface area contributed by atoms with Gasteiger partial charge in [-0.25, -0.2) is 4.52 Å². The normalized spacial score (nSPS) is 14.6. The van der Waals surface area contributed by atoms with Crippen molar-refractivity contribution in [2.75, 3.05) is 13.1 Å². The van der Waals surface area contributed by atoms with E-state index in [9.17, 15) is 4.79 Å². The molecule has 8 nitrogen and oxygen atoms in total. The summed E-state index contributed by atoms with van der Waals surface area (Å²) < 4.78 is 7.24. The standard InChI is InChI=1S/C20H18Cl2N6O2.ClH/c21-14-2-1-11(7-15(14)22)8-17-25-20(30-27-17)13-10-24-28-16(9-18(29)26-19(13)28)12-3-5-23-6-4-12;/h1-2,7,9-10,12,23H,3-6,8H2,(H,26,29);1H. The van der Waals surface area contributed by atoms with Crippen molar-refractivity contribution >= 4 is 41.3 Å². The molecule has 0 saturated carbocycles. The van der Waals surface area contributed by atoms with Crippen LogP contribution in [0.5, 0.6) is 0 Å². The summed E-state index contributed by atoms with van der Waals surface area (Å²) in [5.41, 5.74) is 2.79. The van der Waals surface area contributed by atoms with Gasteiger partial charge in [-0.3, -0.25) is 4.79 Å². The molecule has 1 aliphatic rings. The summed E-state index contributed by atoms with van der Waals surface area (Å²) in [7, 11) is 0. The Hall–Kier alpha value is -2.39. The molecule has 1 saturated heterocycles. The summed E-state index contributed by atoms with van der Waals surface area (Å²) in [6, 6.07) is 7.00. The molecule has 0 radical (unpaired) electrons. The van der Waals surface area contributed by atoms with Crippen molar-refractivity contribution in [3.8, 4) is 11.5 Å². The fraction of sp³-hybridized carbons (Fsp3) is 0.300. The summed E-state index contributed by atoms with van der Waals surface area (Å²) in [5, 5.41) is 12.9. The van der Waals surface area contributed by atoms with Gasteiger partial charge in [0.1, 0.15) is 11.2 Å². The number of nitrogens with one attached hydrogen (secondary N) is 2. The minimum Gasteiger partial charge on any atom is -0.334 e. The van der Waals surface area contributed by atoms with Gasteiger partial charge in [-0.1, -0.05) is 34.4 Å². The second-order valence-corrected chi connectivity index (χ2v) is 8.16. The third kappa shape index (κ3) is 4.34. The molecule has 1 aliphatic heterocycles. The van der Waals surface area contributed by atoms with Crippen molar-refractivity contribution in [1.29, 1.82) is 0 Å². The van der Waals surface area contributed by atoms with Gasteiger partial charge in [0.05, 0.1) is 21.9 Å². The molecule has 0 unspecified atom stereocenters. The van der Waals surface area contributed by atoms with E-state index >= 15 is 0 Å². The molecule has 11 heteroatoms. The first-order valence-electron chi connectivity index (χ1n) is 9.67. The van der Waals surface area contributed by atoms with E-state index in [4.69, 9.17) is 27.7 Å². The van der Waals surface area contributed by atoms with Gasteiger partial charge in [-0.05, 0) is 43.6 Å². The maximum absolute atomic E-state index is 12.3. The van der Waals surface area contributed by atoms with Crippen LogP contribution in [-0.4, -0.2) is 37.8 Å². The minimum absolute atomic E-state index is 0. The summed E-state index contributed by atoms with van der Waals surface area (Å²) in [6.45, 7) is 1.85. The lowest BCUT2D eigenvalue weighted by molar-refractivity contribution is 0.424. The van der Waals surface area contributed by atoms with Gasteiger partial charge in [-0.15, -0.1) is 12.4 Å². The number of fused-ring (bicyclic) bond motifs is 1. The van der Waals surface area contributed by atoms with E-state index < -0.39 is 0 Å². The lowest BCUT2D eigenvalue weighted by Gasteiger charge is -2.23. The summed E-state index contributed by atoms with van der Waals surface area (Å²) >= 11 is 12.0. The van der Waals surface area contributed by atoms with E-state index in [0.717, 1.165) is 37.2 Å². The molecule has 0 bridgehead atoms. The highest BCUT2D eigenvalue weighted by molar-refractivity contribution is 6.42. The number of piperidine rings is 1. The second-order valence-electron chi connectivity index (χ2n) is 7.34. The lowest BCUT2D eigenvalue weighted by Crippen LogP contribution is -2.28. The lowest BCUT2D eigenvalue weighted by atomic mass is 9.94. The van der Waals surface area contributed by atoms with Crippen LogP contribution in [0.4, 0.5) is 0 Å². The number of aromatic nitrogens is 5. The quantitative estimate of drug-likeness (QED) is 0.459. The Labute approximate surface area is 193 Å². The molecular weight excluding hydrogens is 463 g/mol. The Morgan fingerprint density at radius 3 is 2.74 bits per heavy atom. The summed E-state index contributed by atoms with van der Waals surface area (Å²) in [6.07, 6.45) is 4.01. The Kier molecular flexibility index (Phi) is 6.34. The number of hydrogen-bond donors (Lipinski definition) is 2. The number of rotatable bonds is 4. The Morgan fingerprint density at radius 1 is 1.16 bits per heavy atom. The van der Waals surface area contributed by atoms with Crippen LogP contribution in [-0.2, 0) is 6.42 Å². The highest BCUT2D eigenvalue weighted by Crippen LogP contribution is 2.28. The maximum Gasteiger partial charge on any atom is 0.263 e. The van der Waals surface area contributed by atoms with Crippen LogP contribution >= 0.6 is 35.6 Å². The van der Waals surface area contributed by atoms with E-state index in [1.807, 2.05) is 6.07 Å².